The van der Waals surface area contributed by atoms with Crippen LogP contribution >= 0.6 is 11.3 Å². The number of carbonyl (C=O) groups is 2. The largest absolute Gasteiger partial charge is 0.465 e. The van der Waals surface area contributed by atoms with Gasteiger partial charge in [-0.3, -0.25) is 4.79 Å². The molecule has 23 heavy (non-hydrogen) atoms. The van der Waals surface area contributed by atoms with E-state index in [1.807, 2.05) is 0 Å². The number of ether oxygens (including phenoxy) is 2. The molecular weight excluding hydrogens is 321 g/mol. The maximum atomic E-state index is 14.2. The van der Waals surface area contributed by atoms with Crippen molar-refractivity contribution in [3.05, 3.63) is 34.5 Å². The first-order chi connectivity index (χ1) is 11.1. The fourth-order valence-corrected chi connectivity index (χ4v) is 3.81. The van der Waals surface area contributed by atoms with Crippen LogP contribution in [0.1, 0.15) is 21.7 Å². The Morgan fingerprint density at radius 3 is 3.00 bits per heavy atom. The molecule has 7 heteroatoms. The van der Waals surface area contributed by atoms with E-state index in [1.54, 1.807) is 12.1 Å². The van der Waals surface area contributed by atoms with Crippen molar-refractivity contribution in [2.45, 2.75) is 13.0 Å². The summed E-state index contributed by atoms with van der Waals surface area (Å²) in [5.41, 5.74) is 0.460. The highest BCUT2D eigenvalue weighted by Gasteiger charge is 2.25. The van der Waals surface area contributed by atoms with Gasteiger partial charge in [-0.05, 0) is 18.6 Å². The highest BCUT2D eigenvalue weighted by Crippen LogP contribution is 2.33. The number of rotatable bonds is 4. The van der Waals surface area contributed by atoms with Crippen molar-refractivity contribution < 1.29 is 23.5 Å². The monoisotopic (exact) mass is 337 g/mol. The van der Waals surface area contributed by atoms with Crippen LogP contribution in [-0.4, -0.2) is 32.2 Å². The Morgan fingerprint density at radius 1 is 1.48 bits per heavy atom. The second kappa shape index (κ2) is 6.64. The fourth-order valence-electron chi connectivity index (χ4n) is 2.65. The first kappa shape index (κ1) is 15.9. The summed E-state index contributed by atoms with van der Waals surface area (Å²) >= 11 is 1.16. The molecule has 2 heterocycles. The Balaban J connectivity index is 1.91. The SMILES string of the molecule is COC(=O)c1sc2cccc(F)c2c1CNC(=O)[C@H]1CCOC1. The third-order valence-corrected chi connectivity index (χ3v) is 5.05. The Labute approximate surface area is 136 Å². The van der Waals surface area contributed by atoms with E-state index in [0.717, 1.165) is 11.3 Å². The van der Waals surface area contributed by atoms with Crippen LogP contribution in [0.4, 0.5) is 4.39 Å². The van der Waals surface area contributed by atoms with Crippen LogP contribution < -0.4 is 5.32 Å². The van der Waals surface area contributed by atoms with Crippen LogP contribution in [0.25, 0.3) is 10.1 Å². The van der Waals surface area contributed by atoms with Crippen LogP contribution in [0.5, 0.6) is 0 Å². The maximum absolute atomic E-state index is 14.2. The number of fused-ring (bicyclic) bond motifs is 1. The van der Waals surface area contributed by atoms with E-state index in [1.165, 1.54) is 13.2 Å². The Kier molecular flexibility index (Phi) is 4.58. The predicted octanol–water partition coefficient (Wildman–Crippen LogP) is 2.48. The van der Waals surface area contributed by atoms with Crippen LogP contribution in [0.2, 0.25) is 0 Å². The Morgan fingerprint density at radius 2 is 2.30 bits per heavy atom. The average Bonchev–Trinajstić information content (AvgIpc) is 3.20. The van der Waals surface area contributed by atoms with E-state index < -0.39 is 11.8 Å². The average molecular weight is 337 g/mol. The summed E-state index contributed by atoms with van der Waals surface area (Å²) in [6.07, 6.45) is 0.675. The van der Waals surface area contributed by atoms with Crippen LogP contribution in [0.3, 0.4) is 0 Å². The summed E-state index contributed by atoms with van der Waals surface area (Å²) in [4.78, 5) is 24.4. The zero-order valence-corrected chi connectivity index (χ0v) is 13.4. The number of methoxy groups -OCH3 is 1. The lowest BCUT2D eigenvalue weighted by Crippen LogP contribution is -2.30. The molecule has 1 saturated heterocycles. The molecule has 1 N–H and O–H groups in total. The second-order valence-corrected chi connectivity index (χ2v) is 6.34. The second-order valence-electron chi connectivity index (χ2n) is 5.29. The van der Waals surface area contributed by atoms with E-state index in [9.17, 15) is 14.0 Å². The van der Waals surface area contributed by atoms with Crippen molar-refractivity contribution >= 4 is 33.3 Å². The number of halogens is 1. The molecule has 0 aliphatic carbocycles. The quantitative estimate of drug-likeness (QED) is 0.871. The van der Waals surface area contributed by atoms with E-state index in [-0.39, 0.29) is 18.4 Å². The standard InChI is InChI=1S/C16H16FNO4S/c1-21-16(20)14-10(7-18-15(19)9-5-6-22-8-9)13-11(17)3-2-4-12(13)23-14/h2-4,9H,5-8H2,1H3,(H,18,19)/t9-/m0/s1. The van der Waals surface area contributed by atoms with Gasteiger partial charge in [-0.2, -0.15) is 0 Å². The van der Waals surface area contributed by atoms with Crippen molar-refractivity contribution in [2.24, 2.45) is 5.92 Å². The van der Waals surface area contributed by atoms with Gasteiger partial charge < -0.3 is 14.8 Å². The van der Waals surface area contributed by atoms with Gasteiger partial charge in [-0.15, -0.1) is 11.3 Å². The van der Waals surface area contributed by atoms with E-state index in [2.05, 4.69) is 5.32 Å². The third-order valence-electron chi connectivity index (χ3n) is 3.87. The van der Waals surface area contributed by atoms with Crippen LogP contribution in [0.15, 0.2) is 18.2 Å². The molecular formula is C16H16FNO4S. The smallest absolute Gasteiger partial charge is 0.348 e. The minimum absolute atomic E-state index is 0.0840. The molecule has 5 nitrogen and oxygen atoms in total. The fraction of sp³-hybridized carbons (Fsp3) is 0.375. The maximum Gasteiger partial charge on any atom is 0.348 e. The number of amides is 1. The summed E-state index contributed by atoms with van der Waals surface area (Å²) < 4.78 is 24.8. The molecule has 0 bridgehead atoms. The first-order valence-electron chi connectivity index (χ1n) is 7.25. The van der Waals surface area contributed by atoms with Gasteiger partial charge >= 0.3 is 5.97 Å². The number of nitrogens with one attached hydrogen (secondary N) is 1. The molecule has 0 spiro atoms. The van der Waals surface area contributed by atoms with Gasteiger partial charge in [0.15, 0.2) is 0 Å². The molecule has 122 valence electrons. The molecule has 2 aromatic rings. The molecule has 1 atom stereocenters. The van der Waals surface area contributed by atoms with E-state index in [0.29, 0.717) is 40.2 Å². The summed E-state index contributed by atoms with van der Waals surface area (Å²) in [7, 11) is 1.28. The van der Waals surface area contributed by atoms with Crippen LogP contribution in [-0.2, 0) is 20.8 Å². The summed E-state index contributed by atoms with van der Waals surface area (Å²) in [5.74, 6) is -1.28. The number of hydrogen-bond donors (Lipinski definition) is 1. The number of esters is 1. The number of hydrogen-bond acceptors (Lipinski definition) is 5. The number of thiophene rings is 1. The van der Waals surface area contributed by atoms with Crippen molar-refractivity contribution in [2.75, 3.05) is 20.3 Å². The van der Waals surface area contributed by atoms with Crippen LogP contribution in [0, 0.1) is 11.7 Å². The molecule has 1 aromatic carbocycles. The molecule has 1 fully saturated rings. The zero-order chi connectivity index (χ0) is 16.4. The Hall–Kier alpha value is -1.99. The van der Waals surface area contributed by atoms with Gasteiger partial charge in [-0.25, -0.2) is 9.18 Å². The molecule has 1 aromatic heterocycles. The van der Waals surface area contributed by atoms with Crippen molar-refractivity contribution in [3.8, 4) is 0 Å². The van der Waals surface area contributed by atoms with E-state index in [4.69, 9.17) is 9.47 Å². The van der Waals surface area contributed by atoms with Gasteiger partial charge in [0.05, 0.1) is 19.6 Å². The minimum Gasteiger partial charge on any atom is -0.465 e. The molecule has 1 amide bonds. The molecule has 3 rings (SSSR count). The lowest BCUT2D eigenvalue weighted by molar-refractivity contribution is -0.125. The number of benzene rings is 1. The van der Waals surface area contributed by atoms with Gasteiger partial charge in [0, 0.05) is 28.8 Å². The predicted molar refractivity (Wildman–Crippen MR) is 83.9 cm³/mol. The molecule has 0 unspecified atom stereocenters. The zero-order valence-electron chi connectivity index (χ0n) is 12.6. The molecule has 0 saturated carbocycles. The van der Waals surface area contributed by atoms with E-state index >= 15 is 0 Å². The lowest BCUT2D eigenvalue weighted by Gasteiger charge is -2.10. The highest BCUT2D eigenvalue weighted by atomic mass is 32.1. The molecule has 0 radical (unpaired) electrons. The van der Waals surface area contributed by atoms with Gasteiger partial charge in [0.1, 0.15) is 10.7 Å². The van der Waals surface area contributed by atoms with Gasteiger partial charge in [0.2, 0.25) is 5.91 Å². The molecule has 1 aliphatic heterocycles. The topological polar surface area (TPSA) is 64.6 Å². The van der Waals surface area contributed by atoms with Gasteiger partial charge in [0.25, 0.3) is 0 Å². The summed E-state index contributed by atoms with van der Waals surface area (Å²) in [6, 6.07) is 4.67. The normalized spacial score (nSPS) is 17.4. The van der Waals surface area contributed by atoms with Crippen molar-refractivity contribution in [1.82, 2.24) is 5.32 Å². The molecule has 1 aliphatic rings. The van der Waals surface area contributed by atoms with Gasteiger partial charge in [-0.1, -0.05) is 6.07 Å². The third kappa shape index (κ3) is 3.07. The van der Waals surface area contributed by atoms with Crippen molar-refractivity contribution in [1.29, 1.82) is 0 Å². The Bertz CT molecular complexity index is 752. The first-order valence-corrected chi connectivity index (χ1v) is 8.07. The minimum atomic E-state index is -0.529. The lowest BCUT2D eigenvalue weighted by atomic mass is 10.1. The highest BCUT2D eigenvalue weighted by molar-refractivity contribution is 7.21. The number of carbonyl (C=O) groups excluding carboxylic acids is 2. The summed E-state index contributed by atoms with van der Waals surface area (Å²) in [6.45, 7) is 1.05. The van der Waals surface area contributed by atoms with Crippen molar-refractivity contribution in [3.63, 3.8) is 0 Å². The summed E-state index contributed by atoms with van der Waals surface area (Å²) in [5, 5.41) is 3.14.